The van der Waals surface area contributed by atoms with Crippen LogP contribution in [0.25, 0.3) is 0 Å². The number of carbonyl (C=O) groups is 3. The van der Waals surface area contributed by atoms with Gasteiger partial charge in [0.2, 0.25) is 17.7 Å². The van der Waals surface area contributed by atoms with E-state index in [0.29, 0.717) is 0 Å². The van der Waals surface area contributed by atoms with E-state index in [1.54, 1.807) is 23.1 Å². The van der Waals surface area contributed by atoms with E-state index >= 15 is 0 Å². The van der Waals surface area contributed by atoms with Crippen LogP contribution < -0.4 is 15.5 Å². The van der Waals surface area contributed by atoms with E-state index in [2.05, 4.69) is 10.6 Å². The Kier molecular flexibility index (Phi) is 6.69. The Labute approximate surface area is 192 Å². The first-order valence-electron chi connectivity index (χ1n) is 10.8. The molecule has 0 spiro atoms. The van der Waals surface area contributed by atoms with Gasteiger partial charge in [0.1, 0.15) is 11.8 Å². The van der Waals surface area contributed by atoms with Crippen LogP contribution in [0.3, 0.4) is 0 Å². The van der Waals surface area contributed by atoms with Crippen LogP contribution in [0, 0.1) is 5.92 Å². The normalized spacial score (nSPS) is 16.3. The summed E-state index contributed by atoms with van der Waals surface area (Å²) in [5.41, 5.74) is 1.89. The van der Waals surface area contributed by atoms with E-state index in [4.69, 9.17) is 0 Å². The average Bonchev–Trinajstić information content (AvgIpc) is 3.23. The molecule has 33 heavy (non-hydrogen) atoms. The van der Waals surface area contributed by atoms with Crippen LogP contribution in [0.2, 0.25) is 0 Å². The molecule has 1 fully saturated rings. The summed E-state index contributed by atoms with van der Waals surface area (Å²) in [5.74, 6) is -1.54. The van der Waals surface area contributed by atoms with Crippen LogP contribution >= 0.6 is 0 Å². The number of phenolic OH excluding ortho intramolecular Hbond substituents is 1. The number of hydrogen-bond donors (Lipinski definition) is 3. The second-order valence-electron chi connectivity index (χ2n) is 8.00. The zero-order chi connectivity index (χ0) is 23.2. The highest BCUT2D eigenvalue weighted by Crippen LogP contribution is 2.25. The quantitative estimate of drug-likeness (QED) is 0.489. The molecule has 0 saturated carbocycles. The van der Waals surface area contributed by atoms with Gasteiger partial charge in [-0.15, -0.1) is 0 Å². The number of amides is 3. The Hall–Kier alpha value is -4.13. The Morgan fingerprint density at radius 3 is 2.27 bits per heavy atom. The first-order valence-corrected chi connectivity index (χ1v) is 10.8. The molecule has 7 nitrogen and oxygen atoms in total. The first-order chi connectivity index (χ1) is 16.0. The third-order valence-corrected chi connectivity index (χ3v) is 5.64. The standard InChI is InChI=1S/C26H25N3O4/c30-23-14-8-7-13-21(23)27-26(33)22(15-18-9-3-1-4-10-18)28-25(32)19-16-24(31)29(17-19)20-11-5-2-6-12-20/h1-14,19,22,30H,15-17H2,(H,27,33)(H,28,32). The fourth-order valence-electron chi connectivity index (χ4n) is 3.89. The molecule has 3 N–H and O–H groups in total. The third kappa shape index (κ3) is 5.38. The monoisotopic (exact) mass is 443 g/mol. The molecule has 0 bridgehead atoms. The van der Waals surface area contributed by atoms with Gasteiger partial charge in [-0.25, -0.2) is 0 Å². The van der Waals surface area contributed by atoms with Gasteiger partial charge < -0.3 is 20.6 Å². The number of anilines is 2. The van der Waals surface area contributed by atoms with Crippen molar-refractivity contribution >= 4 is 29.1 Å². The summed E-state index contributed by atoms with van der Waals surface area (Å²) in [6.45, 7) is 0.258. The highest BCUT2D eigenvalue weighted by molar-refractivity contribution is 6.02. The predicted molar refractivity (Wildman–Crippen MR) is 126 cm³/mol. The molecule has 4 rings (SSSR count). The van der Waals surface area contributed by atoms with Gasteiger partial charge in [-0.05, 0) is 29.8 Å². The zero-order valence-electron chi connectivity index (χ0n) is 18.0. The molecule has 3 aromatic carbocycles. The molecule has 7 heteroatoms. The van der Waals surface area contributed by atoms with Gasteiger partial charge in [0.05, 0.1) is 11.6 Å². The molecule has 3 amide bonds. The molecule has 2 atom stereocenters. The number of carbonyl (C=O) groups excluding carboxylic acids is 3. The molecule has 2 unspecified atom stereocenters. The molecule has 1 saturated heterocycles. The maximum Gasteiger partial charge on any atom is 0.247 e. The van der Waals surface area contributed by atoms with Crippen molar-refractivity contribution in [1.29, 1.82) is 0 Å². The Morgan fingerprint density at radius 2 is 1.58 bits per heavy atom. The van der Waals surface area contributed by atoms with E-state index in [1.165, 1.54) is 6.07 Å². The lowest BCUT2D eigenvalue weighted by Crippen LogP contribution is -2.47. The van der Waals surface area contributed by atoms with Crippen LogP contribution in [-0.2, 0) is 20.8 Å². The summed E-state index contributed by atoms with van der Waals surface area (Å²) < 4.78 is 0. The van der Waals surface area contributed by atoms with Crippen molar-refractivity contribution in [2.45, 2.75) is 18.9 Å². The maximum absolute atomic E-state index is 13.1. The van der Waals surface area contributed by atoms with Crippen molar-refractivity contribution in [1.82, 2.24) is 5.32 Å². The second kappa shape index (κ2) is 9.99. The van der Waals surface area contributed by atoms with Crippen molar-refractivity contribution in [2.24, 2.45) is 5.92 Å². The second-order valence-corrected chi connectivity index (χ2v) is 8.00. The number of aromatic hydroxyl groups is 1. The van der Waals surface area contributed by atoms with E-state index in [1.807, 2.05) is 60.7 Å². The minimum atomic E-state index is -0.875. The number of para-hydroxylation sites is 3. The molecule has 3 aromatic rings. The van der Waals surface area contributed by atoms with Crippen molar-refractivity contribution in [3.05, 3.63) is 90.5 Å². The highest BCUT2D eigenvalue weighted by Gasteiger charge is 2.36. The fourth-order valence-corrected chi connectivity index (χ4v) is 3.89. The van der Waals surface area contributed by atoms with E-state index in [-0.39, 0.29) is 42.6 Å². The van der Waals surface area contributed by atoms with Crippen LogP contribution in [0.1, 0.15) is 12.0 Å². The molecular weight excluding hydrogens is 418 g/mol. The number of nitrogens with one attached hydrogen (secondary N) is 2. The summed E-state index contributed by atoms with van der Waals surface area (Å²) in [6.07, 6.45) is 0.356. The fraction of sp³-hybridized carbons (Fsp3) is 0.192. The smallest absolute Gasteiger partial charge is 0.247 e. The lowest BCUT2D eigenvalue weighted by molar-refractivity contribution is -0.129. The SMILES string of the molecule is O=C(NC(Cc1ccccc1)C(=O)Nc1ccccc1O)C1CC(=O)N(c2ccccc2)C1. The number of benzene rings is 3. The summed E-state index contributed by atoms with van der Waals surface area (Å²) in [6, 6.07) is 24.1. The van der Waals surface area contributed by atoms with Gasteiger partial charge in [0.25, 0.3) is 0 Å². The van der Waals surface area contributed by atoms with Gasteiger partial charge in [0.15, 0.2) is 0 Å². The Morgan fingerprint density at radius 1 is 0.939 bits per heavy atom. The summed E-state index contributed by atoms with van der Waals surface area (Å²) in [5, 5.41) is 15.5. The molecule has 1 aliphatic rings. The van der Waals surface area contributed by atoms with Gasteiger partial charge in [-0.2, -0.15) is 0 Å². The maximum atomic E-state index is 13.1. The third-order valence-electron chi connectivity index (χ3n) is 5.64. The molecule has 0 aliphatic carbocycles. The largest absolute Gasteiger partial charge is 0.506 e. The van der Waals surface area contributed by atoms with Gasteiger partial charge >= 0.3 is 0 Å². The van der Waals surface area contributed by atoms with Crippen LogP contribution in [0.4, 0.5) is 11.4 Å². The lowest BCUT2D eigenvalue weighted by Gasteiger charge is -2.21. The Balaban J connectivity index is 1.48. The van der Waals surface area contributed by atoms with Crippen molar-refractivity contribution < 1.29 is 19.5 Å². The summed E-state index contributed by atoms with van der Waals surface area (Å²) in [4.78, 5) is 40.2. The highest BCUT2D eigenvalue weighted by atomic mass is 16.3. The van der Waals surface area contributed by atoms with Crippen LogP contribution in [-0.4, -0.2) is 35.4 Å². The summed E-state index contributed by atoms with van der Waals surface area (Å²) >= 11 is 0. The van der Waals surface area contributed by atoms with E-state index < -0.39 is 17.9 Å². The lowest BCUT2D eigenvalue weighted by atomic mass is 10.0. The molecule has 0 aromatic heterocycles. The molecule has 168 valence electrons. The number of nitrogens with zero attached hydrogens (tertiary/aromatic N) is 1. The minimum Gasteiger partial charge on any atom is -0.506 e. The number of rotatable bonds is 7. The van der Waals surface area contributed by atoms with Crippen LogP contribution in [0.15, 0.2) is 84.9 Å². The Bertz CT molecular complexity index is 1130. The molecule has 0 radical (unpaired) electrons. The number of phenols is 1. The predicted octanol–water partition coefficient (Wildman–Crippen LogP) is 3.11. The van der Waals surface area contributed by atoms with Gasteiger partial charge in [0, 0.05) is 25.1 Å². The average molecular weight is 444 g/mol. The minimum absolute atomic E-state index is 0.0597. The summed E-state index contributed by atoms with van der Waals surface area (Å²) in [7, 11) is 0. The van der Waals surface area contributed by atoms with E-state index in [9.17, 15) is 19.5 Å². The molecular formula is C26H25N3O4. The topological polar surface area (TPSA) is 98.7 Å². The van der Waals surface area contributed by atoms with Crippen LogP contribution in [0.5, 0.6) is 5.75 Å². The van der Waals surface area contributed by atoms with Gasteiger partial charge in [-0.3, -0.25) is 14.4 Å². The van der Waals surface area contributed by atoms with E-state index in [0.717, 1.165) is 11.3 Å². The van der Waals surface area contributed by atoms with Gasteiger partial charge in [-0.1, -0.05) is 60.7 Å². The van der Waals surface area contributed by atoms with Crippen molar-refractivity contribution in [3.8, 4) is 5.75 Å². The molecule has 1 aliphatic heterocycles. The zero-order valence-corrected chi connectivity index (χ0v) is 18.0. The van der Waals surface area contributed by atoms with Crippen molar-refractivity contribution in [3.63, 3.8) is 0 Å². The van der Waals surface area contributed by atoms with Crippen molar-refractivity contribution in [2.75, 3.05) is 16.8 Å². The number of hydrogen-bond acceptors (Lipinski definition) is 4. The first kappa shape index (κ1) is 22.1. The molecule has 1 heterocycles.